The Morgan fingerprint density at radius 3 is 2.67 bits per heavy atom. The molecule has 1 amide bonds. The predicted molar refractivity (Wildman–Crippen MR) is 81.3 cm³/mol. The number of piperidine rings is 1. The number of nitrogens with zero attached hydrogens (tertiary/aromatic N) is 4. The van der Waals surface area contributed by atoms with Crippen molar-refractivity contribution in [3.05, 3.63) is 18.5 Å². The maximum absolute atomic E-state index is 12.2. The predicted octanol–water partition coefficient (Wildman–Crippen LogP) is 2.31. The molecule has 0 saturated carbocycles. The topological polar surface area (TPSA) is 58.6 Å². The average molecular weight is 292 g/mol. The van der Waals surface area contributed by atoms with Gasteiger partial charge in [-0.05, 0) is 39.7 Å². The Bertz CT molecular complexity index is 472. The molecule has 0 bridgehead atoms. The highest BCUT2D eigenvalue weighted by molar-refractivity contribution is 5.68. The fourth-order valence-electron chi connectivity index (χ4n) is 2.39. The third kappa shape index (κ3) is 4.31. The molecule has 0 aliphatic carbocycles. The Balaban J connectivity index is 1.99. The van der Waals surface area contributed by atoms with Crippen LogP contribution in [-0.4, -0.2) is 52.7 Å². The van der Waals surface area contributed by atoms with Gasteiger partial charge in [-0.25, -0.2) is 14.8 Å². The van der Waals surface area contributed by atoms with E-state index in [0.717, 1.165) is 31.9 Å². The standard InChI is InChI=1S/C15H24N4O2/c1-15(2,3)21-14(20)18(4)12-7-5-10-19(11-12)13-16-8-6-9-17-13/h6,8-9,12H,5,7,10-11H2,1-4H3/t12-/m1/s1. The highest BCUT2D eigenvalue weighted by Gasteiger charge is 2.29. The molecule has 1 saturated heterocycles. The number of carbonyl (C=O) groups excluding carboxylic acids is 1. The second-order valence-corrected chi connectivity index (χ2v) is 6.38. The summed E-state index contributed by atoms with van der Waals surface area (Å²) in [6.07, 6.45) is 5.19. The summed E-state index contributed by atoms with van der Waals surface area (Å²) in [5.41, 5.74) is -0.470. The largest absolute Gasteiger partial charge is 0.444 e. The van der Waals surface area contributed by atoms with E-state index in [1.165, 1.54) is 0 Å². The van der Waals surface area contributed by atoms with Crippen LogP contribution in [0.5, 0.6) is 0 Å². The van der Waals surface area contributed by atoms with Crippen molar-refractivity contribution in [1.82, 2.24) is 14.9 Å². The summed E-state index contributed by atoms with van der Waals surface area (Å²) in [6.45, 7) is 7.29. The molecule has 6 heteroatoms. The van der Waals surface area contributed by atoms with Crippen molar-refractivity contribution in [3.8, 4) is 0 Å². The number of carbonyl (C=O) groups is 1. The number of rotatable bonds is 2. The molecule has 1 fully saturated rings. The van der Waals surface area contributed by atoms with Crippen LogP contribution in [0.2, 0.25) is 0 Å². The van der Waals surface area contributed by atoms with Crippen LogP contribution < -0.4 is 4.90 Å². The van der Waals surface area contributed by atoms with E-state index < -0.39 is 5.60 Å². The van der Waals surface area contributed by atoms with Gasteiger partial charge in [-0.3, -0.25) is 0 Å². The van der Waals surface area contributed by atoms with Crippen LogP contribution in [0.1, 0.15) is 33.6 Å². The first-order chi connectivity index (χ1) is 9.87. The minimum absolute atomic E-state index is 0.123. The van der Waals surface area contributed by atoms with Gasteiger partial charge < -0.3 is 14.5 Å². The molecule has 0 spiro atoms. The Labute approximate surface area is 126 Å². The summed E-state index contributed by atoms with van der Waals surface area (Å²) in [4.78, 5) is 24.5. The highest BCUT2D eigenvalue weighted by atomic mass is 16.6. The normalized spacial score (nSPS) is 19.2. The van der Waals surface area contributed by atoms with E-state index in [4.69, 9.17) is 4.74 Å². The minimum Gasteiger partial charge on any atom is -0.444 e. The van der Waals surface area contributed by atoms with Crippen LogP contribution in [0.25, 0.3) is 0 Å². The van der Waals surface area contributed by atoms with Crippen molar-refractivity contribution < 1.29 is 9.53 Å². The lowest BCUT2D eigenvalue weighted by molar-refractivity contribution is 0.0209. The molecular weight excluding hydrogens is 268 g/mol. The summed E-state index contributed by atoms with van der Waals surface area (Å²) >= 11 is 0. The molecule has 1 aromatic rings. The molecule has 0 unspecified atom stereocenters. The zero-order chi connectivity index (χ0) is 15.5. The van der Waals surface area contributed by atoms with Crippen molar-refractivity contribution in [2.75, 3.05) is 25.0 Å². The van der Waals surface area contributed by atoms with E-state index in [-0.39, 0.29) is 12.1 Å². The van der Waals surface area contributed by atoms with Crippen molar-refractivity contribution in [3.63, 3.8) is 0 Å². The van der Waals surface area contributed by atoms with E-state index in [1.54, 1.807) is 30.4 Å². The van der Waals surface area contributed by atoms with E-state index in [9.17, 15) is 4.79 Å². The van der Waals surface area contributed by atoms with Crippen molar-refractivity contribution in [2.24, 2.45) is 0 Å². The summed E-state index contributed by atoms with van der Waals surface area (Å²) < 4.78 is 5.43. The molecule has 116 valence electrons. The average Bonchev–Trinajstić information content (AvgIpc) is 2.46. The first kappa shape index (κ1) is 15.5. The van der Waals surface area contributed by atoms with Gasteiger partial charge in [-0.2, -0.15) is 0 Å². The summed E-state index contributed by atoms with van der Waals surface area (Å²) in [5.74, 6) is 0.722. The number of hydrogen-bond donors (Lipinski definition) is 0. The lowest BCUT2D eigenvalue weighted by atomic mass is 10.1. The zero-order valence-corrected chi connectivity index (χ0v) is 13.2. The van der Waals surface area contributed by atoms with Gasteiger partial charge in [0.1, 0.15) is 5.60 Å². The maximum Gasteiger partial charge on any atom is 0.410 e. The molecular formula is C15H24N4O2. The van der Waals surface area contributed by atoms with Crippen LogP contribution in [-0.2, 0) is 4.74 Å². The van der Waals surface area contributed by atoms with Crippen molar-refractivity contribution in [2.45, 2.75) is 45.3 Å². The number of aromatic nitrogens is 2. The molecule has 2 rings (SSSR count). The lowest BCUT2D eigenvalue weighted by Gasteiger charge is -2.38. The molecule has 1 atom stereocenters. The number of hydrogen-bond acceptors (Lipinski definition) is 5. The third-order valence-corrected chi connectivity index (χ3v) is 3.46. The van der Waals surface area contributed by atoms with E-state index >= 15 is 0 Å². The molecule has 1 aliphatic rings. The first-order valence-corrected chi connectivity index (χ1v) is 7.34. The van der Waals surface area contributed by atoms with Gasteiger partial charge in [0.05, 0.1) is 6.04 Å². The number of ether oxygens (including phenoxy) is 1. The van der Waals surface area contributed by atoms with Gasteiger partial charge in [-0.1, -0.05) is 0 Å². The molecule has 1 aromatic heterocycles. The molecule has 6 nitrogen and oxygen atoms in total. The number of likely N-dealkylation sites (N-methyl/N-ethyl adjacent to an activating group) is 1. The van der Waals surface area contributed by atoms with Crippen molar-refractivity contribution in [1.29, 1.82) is 0 Å². The monoisotopic (exact) mass is 292 g/mol. The minimum atomic E-state index is -0.470. The lowest BCUT2D eigenvalue weighted by Crippen LogP contribution is -2.50. The summed E-state index contributed by atoms with van der Waals surface area (Å²) in [7, 11) is 1.80. The SMILES string of the molecule is CN(C(=O)OC(C)(C)C)[C@@H]1CCCN(c2ncccn2)C1. The molecule has 0 aromatic carbocycles. The van der Waals surface area contributed by atoms with E-state index in [0.29, 0.717) is 0 Å². The quantitative estimate of drug-likeness (QED) is 0.837. The van der Waals surface area contributed by atoms with Gasteiger partial charge in [0.15, 0.2) is 0 Å². The van der Waals surface area contributed by atoms with Crippen LogP contribution >= 0.6 is 0 Å². The Morgan fingerprint density at radius 1 is 1.38 bits per heavy atom. The molecule has 0 radical (unpaired) electrons. The van der Waals surface area contributed by atoms with Crippen LogP contribution in [0, 0.1) is 0 Å². The smallest absolute Gasteiger partial charge is 0.410 e. The second-order valence-electron chi connectivity index (χ2n) is 6.38. The number of anilines is 1. The Hall–Kier alpha value is -1.85. The van der Waals surface area contributed by atoms with Gasteiger partial charge >= 0.3 is 6.09 Å². The summed E-state index contributed by atoms with van der Waals surface area (Å²) in [6, 6.07) is 1.93. The Kier molecular flexibility index (Phi) is 4.65. The third-order valence-electron chi connectivity index (χ3n) is 3.46. The zero-order valence-electron chi connectivity index (χ0n) is 13.2. The first-order valence-electron chi connectivity index (χ1n) is 7.34. The van der Waals surface area contributed by atoms with Gasteiger partial charge in [0, 0.05) is 32.5 Å². The van der Waals surface area contributed by atoms with Crippen LogP contribution in [0.4, 0.5) is 10.7 Å². The fraction of sp³-hybridized carbons (Fsp3) is 0.667. The van der Waals surface area contributed by atoms with E-state index in [2.05, 4.69) is 14.9 Å². The molecule has 2 heterocycles. The van der Waals surface area contributed by atoms with Gasteiger partial charge in [-0.15, -0.1) is 0 Å². The molecule has 1 aliphatic heterocycles. The van der Waals surface area contributed by atoms with Gasteiger partial charge in [0.2, 0.25) is 5.95 Å². The van der Waals surface area contributed by atoms with Crippen LogP contribution in [0.15, 0.2) is 18.5 Å². The summed E-state index contributed by atoms with van der Waals surface area (Å²) in [5, 5.41) is 0. The number of amides is 1. The second kappa shape index (κ2) is 6.28. The highest BCUT2D eigenvalue weighted by Crippen LogP contribution is 2.20. The van der Waals surface area contributed by atoms with Crippen molar-refractivity contribution >= 4 is 12.0 Å². The van der Waals surface area contributed by atoms with E-state index in [1.807, 2.05) is 20.8 Å². The van der Waals surface area contributed by atoms with Crippen LogP contribution in [0.3, 0.4) is 0 Å². The van der Waals surface area contributed by atoms with Gasteiger partial charge in [0.25, 0.3) is 0 Å². The fourth-order valence-corrected chi connectivity index (χ4v) is 2.39. The maximum atomic E-state index is 12.2. The molecule has 0 N–H and O–H groups in total. The molecule has 21 heavy (non-hydrogen) atoms. The Morgan fingerprint density at radius 2 is 2.05 bits per heavy atom.